The van der Waals surface area contributed by atoms with E-state index in [4.69, 9.17) is 33.4 Å². The molecule has 1 amide bonds. The number of pyridine rings is 1. The van der Waals surface area contributed by atoms with Crippen molar-refractivity contribution >= 4 is 35.2 Å². The molecule has 178 valence electrons. The van der Waals surface area contributed by atoms with Gasteiger partial charge in [-0.15, -0.1) is 0 Å². The number of amides is 1. The monoisotopic (exact) mass is 447 g/mol. The van der Waals surface area contributed by atoms with Gasteiger partial charge in [0, 0.05) is 5.92 Å². The Kier molecular flexibility index (Phi) is 14.6. The van der Waals surface area contributed by atoms with Crippen molar-refractivity contribution in [3.05, 3.63) is 36.4 Å². The van der Waals surface area contributed by atoms with Crippen LogP contribution >= 0.6 is 0 Å². The zero-order chi connectivity index (χ0) is 24.5. The number of nitrogen functional groups attached to an aromatic ring is 3. The number of nitrogens with two attached hydrogens (primary N) is 5. The van der Waals surface area contributed by atoms with E-state index in [0.29, 0.717) is 30.2 Å². The van der Waals surface area contributed by atoms with Gasteiger partial charge in [-0.25, -0.2) is 4.98 Å². The lowest BCUT2D eigenvalue weighted by Gasteiger charge is -2.12. The molecular formula is C22H37N7O3. The molecule has 10 nitrogen and oxygen atoms in total. The van der Waals surface area contributed by atoms with Gasteiger partial charge in [0.2, 0.25) is 5.91 Å². The van der Waals surface area contributed by atoms with Gasteiger partial charge in [-0.05, 0) is 43.7 Å². The fraction of sp³-hybridized carbons (Fsp3) is 0.409. The molecule has 0 aliphatic carbocycles. The quantitative estimate of drug-likeness (QED) is 0.198. The third kappa shape index (κ3) is 12.4. The molecule has 0 saturated heterocycles. The number of carbonyl (C=O) groups is 2. The van der Waals surface area contributed by atoms with Crippen LogP contribution in [-0.4, -0.2) is 36.9 Å². The van der Waals surface area contributed by atoms with Gasteiger partial charge in [0.25, 0.3) is 0 Å². The van der Waals surface area contributed by atoms with Crippen LogP contribution in [-0.2, 0) is 9.59 Å². The van der Waals surface area contributed by atoms with E-state index in [0.717, 1.165) is 24.9 Å². The van der Waals surface area contributed by atoms with Crippen molar-refractivity contribution in [2.75, 3.05) is 36.2 Å². The van der Waals surface area contributed by atoms with Crippen LogP contribution in [0.25, 0.3) is 0 Å². The van der Waals surface area contributed by atoms with Crippen LogP contribution in [0.15, 0.2) is 36.4 Å². The second kappa shape index (κ2) is 16.3. The van der Waals surface area contributed by atoms with E-state index in [2.05, 4.69) is 10.3 Å². The number of aromatic nitrogens is 1. The Hall–Kier alpha value is -3.37. The minimum atomic E-state index is -0.572. The molecule has 11 N–H and O–H groups in total. The van der Waals surface area contributed by atoms with Crippen LogP contribution in [0.5, 0.6) is 5.75 Å². The third-order valence-corrected chi connectivity index (χ3v) is 3.93. The van der Waals surface area contributed by atoms with E-state index in [1.165, 1.54) is 0 Å². The van der Waals surface area contributed by atoms with Crippen molar-refractivity contribution in [3.63, 3.8) is 0 Å². The van der Waals surface area contributed by atoms with E-state index >= 15 is 0 Å². The molecule has 0 bridgehead atoms. The Morgan fingerprint density at radius 1 is 1.09 bits per heavy atom. The molecule has 2 rings (SSSR count). The van der Waals surface area contributed by atoms with Crippen LogP contribution < -0.4 is 38.7 Å². The first kappa shape index (κ1) is 28.6. The molecular weight excluding hydrogens is 410 g/mol. The molecule has 0 aliphatic rings. The fourth-order valence-electron chi connectivity index (χ4n) is 2.08. The van der Waals surface area contributed by atoms with Gasteiger partial charge in [0.05, 0.1) is 24.5 Å². The summed E-state index contributed by atoms with van der Waals surface area (Å²) >= 11 is 0. The molecule has 0 radical (unpaired) electrons. The Labute approximate surface area is 189 Å². The summed E-state index contributed by atoms with van der Waals surface area (Å²) in [6.45, 7) is 4.31. The summed E-state index contributed by atoms with van der Waals surface area (Å²) in [6, 6.07) is 9.98. The van der Waals surface area contributed by atoms with Crippen LogP contribution in [0.3, 0.4) is 0 Å². The molecule has 1 heterocycles. The van der Waals surface area contributed by atoms with Crippen molar-refractivity contribution in [1.82, 2.24) is 4.98 Å². The zero-order valence-corrected chi connectivity index (χ0v) is 19.1. The van der Waals surface area contributed by atoms with Gasteiger partial charge in [0.1, 0.15) is 23.7 Å². The van der Waals surface area contributed by atoms with Crippen molar-refractivity contribution in [2.45, 2.75) is 39.2 Å². The lowest BCUT2D eigenvalue weighted by molar-refractivity contribution is -0.117. The summed E-state index contributed by atoms with van der Waals surface area (Å²) in [6.07, 6.45) is 3.18. The summed E-state index contributed by atoms with van der Waals surface area (Å²) in [5, 5.41) is 2.59. The first-order chi connectivity index (χ1) is 15.2. The molecule has 0 spiro atoms. The smallest absolute Gasteiger partial charge is 0.242 e. The fourth-order valence-corrected chi connectivity index (χ4v) is 2.08. The van der Waals surface area contributed by atoms with Crippen LogP contribution in [0.1, 0.15) is 33.1 Å². The standard InChI is InChI=1S/C11H20N6O.C7H9NO.C4H8O/c12-6-2-1-3-8(14)11(18)17-9-5-4-7(13)10(15)16-9;1-9-7-5-3-2-4-6(7)8;1-4(2)3-5/h4-5,8H,1-3,6,12-14H2,(H3,15,16,17,18);2-5H,8H2,1H3;3-4H,1-2H3. The zero-order valence-electron chi connectivity index (χ0n) is 19.1. The number of nitrogens with one attached hydrogen (secondary N) is 1. The molecule has 1 aromatic heterocycles. The molecule has 1 aromatic carbocycles. The highest BCUT2D eigenvalue weighted by atomic mass is 16.5. The number of anilines is 4. The number of rotatable bonds is 8. The topological polar surface area (TPSA) is 198 Å². The first-order valence-electron chi connectivity index (χ1n) is 10.3. The van der Waals surface area contributed by atoms with E-state index in [9.17, 15) is 9.59 Å². The average Bonchev–Trinajstić information content (AvgIpc) is 2.77. The highest BCUT2D eigenvalue weighted by molar-refractivity contribution is 5.94. The molecule has 0 fully saturated rings. The minimum absolute atomic E-state index is 0.185. The molecule has 32 heavy (non-hydrogen) atoms. The second-order valence-electron chi connectivity index (χ2n) is 7.17. The minimum Gasteiger partial charge on any atom is -0.495 e. The largest absolute Gasteiger partial charge is 0.495 e. The number of carbonyl (C=O) groups excluding carboxylic acids is 2. The summed E-state index contributed by atoms with van der Waals surface area (Å²) in [5.74, 6) is 1.18. The van der Waals surface area contributed by atoms with E-state index in [-0.39, 0.29) is 17.6 Å². The predicted molar refractivity (Wildman–Crippen MR) is 131 cm³/mol. The molecule has 1 atom stereocenters. The second-order valence-corrected chi connectivity index (χ2v) is 7.17. The number of nitrogens with zero attached hydrogens (tertiary/aromatic N) is 1. The maximum absolute atomic E-state index is 11.7. The number of benzene rings is 1. The lowest BCUT2D eigenvalue weighted by Crippen LogP contribution is -2.35. The summed E-state index contributed by atoms with van der Waals surface area (Å²) in [5.41, 5.74) is 28.7. The maximum atomic E-state index is 11.7. The number of methoxy groups -OCH3 is 1. The van der Waals surface area contributed by atoms with Gasteiger partial charge in [0.15, 0.2) is 0 Å². The maximum Gasteiger partial charge on any atom is 0.242 e. The average molecular weight is 448 g/mol. The Balaban J connectivity index is 0.000000566. The highest BCUT2D eigenvalue weighted by Gasteiger charge is 2.13. The molecule has 2 aromatic rings. The molecule has 10 heteroatoms. The number of unbranched alkanes of at least 4 members (excludes halogenated alkanes) is 1. The van der Waals surface area contributed by atoms with Crippen LogP contribution in [0.4, 0.5) is 23.0 Å². The van der Waals surface area contributed by atoms with Crippen molar-refractivity contribution in [1.29, 1.82) is 0 Å². The van der Waals surface area contributed by atoms with Crippen LogP contribution in [0.2, 0.25) is 0 Å². The number of para-hydroxylation sites is 2. The number of ether oxygens (including phenoxy) is 1. The van der Waals surface area contributed by atoms with E-state index in [1.807, 2.05) is 32.0 Å². The van der Waals surface area contributed by atoms with Crippen molar-refractivity contribution in [3.8, 4) is 5.75 Å². The Bertz CT molecular complexity index is 816. The van der Waals surface area contributed by atoms with Gasteiger partial charge < -0.3 is 43.5 Å². The normalized spacial score (nSPS) is 10.7. The lowest BCUT2D eigenvalue weighted by atomic mass is 10.1. The van der Waals surface area contributed by atoms with Gasteiger partial charge in [-0.2, -0.15) is 0 Å². The van der Waals surface area contributed by atoms with Crippen molar-refractivity contribution in [2.24, 2.45) is 17.4 Å². The SMILES string of the molecule is CC(C)C=O.COc1ccccc1N.NCCCCC(N)C(=O)Nc1ccc(N)c(N)n1. The van der Waals surface area contributed by atoms with E-state index < -0.39 is 6.04 Å². The summed E-state index contributed by atoms with van der Waals surface area (Å²) in [7, 11) is 1.60. The number of hydrogen-bond donors (Lipinski definition) is 6. The first-order valence-corrected chi connectivity index (χ1v) is 10.3. The number of hydrogen-bond acceptors (Lipinski definition) is 9. The van der Waals surface area contributed by atoms with Gasteiger partial charge in [-0.1, -0.05) is 32.4 Å². The Morgan fingerprint density at radius 3 is 2.19 bits per heavy atom. The molecule has 0 saturated carbocycles. The van der Waals surface area contributed by atoms with Gasteiger partial charge >= 0.3 is 0 Å². The van der Waals surface area contributed by atoms with Crippen molar-refractivity contribution < 1.29 is 14.3 Å². The van der Waals surface area contributed by atoms with Gasteiger partial charge in [-0.3, -0.25) is 4.79 Å². The highest BCUT2D eigenvalue weighted by Crippen LogP contribution is 2.18. The molecule has 1 unspecified atom stereocenters. The number of aldehydes is 1. The summed E-state index contributed by atoms with van der Waals surface area (Å²) in [4.78, 5) is 25.2. The van der Waals surface area contributed by atoms with Crippen LogP contribution in [0, 0.1) is 5.92 Å². The Morgan fingerprint density at radius 2 is 1.72 bits per heavy atom. The van der Waals surface area contributed by atoms with E-state index in [1.54, 1.807) is 25.3 Å². The third-order valence-electron chi connectivity index (χ3n) is 3.93. The molecule has 0 aliphatic heterocycles. The summed E-state index contributed by atoms with van der Waals surface area (Å²) < 4.78 is 4.92. The predicted octanol–water partition coefficient (Wildman–Crippen LogP) is 1.76.